The number of rotatable bonds is 8. The maximum Gasteiger partial charge on any atom is 0.303 e. The number of halogens is 1. The van der Waals surface area contributed by atoms with Crippen molar-refractivity contribution < 1.29 is 9.90 Å². The predicted molar refractivity (Wildman–Crippen MR) is 56.5 cm³/mol. The molecule has 0 saturated carbocycles. The van der Waals surface area contributed by atoms with E-state index in [0.717, 1.165) is 25.8 Å². The topological polar surface area (TPSA) is 49.3 Å². The molecule has 0 spiro atoms. The molecule has 0 bridgehead atoms. The summed E-state index contributed by atoms with van der Waals surface area (Å²) >= 11 is 0. The standard InChI is InChI=1S/C9H19NO2.ClH/c1-10-8-6-4-2-3-5-7-9(11)12;/h10H,2-8H2,1H3,(H,11,12);1H. The summed E-state index contributed by atoms with van der Waals surface area (Å²) in [6.45, 7) is 1.07. The Morgan fingerprint density at radius 2 is 1.69 bits per heavy atom. The third kappa shape index (κ3) is 14.6. The van der Waals surface area contributed by atoms with Gasteiger partial charge >= 0.3 is 5.97 Å². The lowest BCUT2D eigenvalue weighted by molar-refractivity contribution is -0.137. The quantitative estimate of drug-likeness (QED) is 0.602. The summed E-state index contributed by atoms with van der Waals surface area (Å²) in [7, 11) is 1.95. The molecule has 0 heterocycles. The van der Waals surface area contributed by atoms with E-state index in [-0.39, 0.29) is 12.4 Å². The summed E-state index contributed by atoms with van der Waals surface area (Å²) in [5.41, 5.74) is 0. The van der Waals surface area contributed by atoms with Gasteiger partial charge in [0.1, 0.15) is 0 Å². The highest BCUT2D eigenvalue weighted by Gasteiger charge is 1.95. The van der Waals surface area contributed by atoms with Crippen molar-refractivity contribution >= 4 is 18.4 Å². The summed E-state index contributed by atoms with van der Waals surface area (Å²) < 4.78 is 0. The number of unbranched alkanes of at least 4 members (excludes halogenated alkanes) is 4. The van der Waals surface area contributed by atoms with E-state index in [1.54, 1.807) is 0 Å². The van der Waals surface area contributed by atoms with Crippen molar-refractivity contribution in [1.82, 2.24) is 5.32 Å². The Kier molecular flexibility index (Phi) is 13.7. The second-order valence-corrected chi connectivity index (χ2v) is 3.02. The molecule has 3 nitrogen and oxygen atoms in total. The van der Waals surface area contributed by atoms with Gasteiger partial charge in [0.25, 0.3) is 0 Å². The molecule has 2 N–H and O–H groups in total. The molecule has 4 heteroatoms. The Morgan fingerprint density at radius 3 is 2.23 bits per heavy atom. The van der Waals surface area contributed by atoms with Crippen LogP contribution in [0, 0.1) is 0 Å². The number of hydrogen-bond donors (Lipinski definition) is 2. The average molecular weight is 210 g/mol. The second kappa shape index (κ2) is 11.7. The van der Waals surface area contributed by atoms with Crippen molar-refractivity contribution in [3.05, 3.63) is 0 Å². The highest BCUT2D eigenvalue weighted by atomic mass is 35.5. The van der Waals surface area contributed by atoms with Crippen LogP contribution in [0.1, 0.15) is 38.5 Å². The van der Waals surface area contributed by atoms with Crippen molar-refractivity contribution in [2.24, 2.45) is 0 Å². The smallest absolute Gasteiger partial charge is 0.303 e. The van der Waals surface area contributed by atoms with Gasteiger partial charge in [0.05, 0.1) is 0 Å². The Balaban J connectivity index is 0. The first-order valence-corrected chi connectivity index (χ1v) is 4.63. The Labute approximate surface area is 86.3 Å². The first-order valence-electron chi connectivity index (χ1n) is 4.63. The third-order valence-corrected chi connectivity index (χ3v) is 1.82. The molecule has 0 amide bonds. The van der Waals surface area contributed by atoms with Gasteiger partial charge in [0.15, 0.2) is 0 Å². The van der Waals surface area contributed by atoms with Crippen molar-refractivity contribution in [3.63, 3.8) is 0 Å². The molecule has 0 radical (unpaired) electrons. The third-order valence-electron chi connectivity index (χ3n) is 1.82. The lowest BCUT2D eigenvalue weighted by atomic mass is 10.1. The Hall–Kier alpha value is -0.280. The van der Waals surface area contributed by atoms with E-state index >= 15 is 0 Å². The van der Waals surface area contributed by atoms with E-state index < -0.39 is 5.97 Å². The van der Waals surface area contributed by atoms with E-state index in [4.69, 9.17) is 5.11 Å². The van der Waals surface area contributed by atoms with Gasteiger partial charge in [-0.2, -0.15) is 0 Å². The van der Waals surface area contributed by atoms with E-state index in [1.165, 1.54) is 12.8 Å². The highest BCUT2D eigenvalue weighted by Crippen LogP contribution is 2.04. The zero-order chi connectivity index (χ0) is 9.23. The van der Waals surface area contributed by atoms with Gasteiger partial charge < -0.3 is 10.4 Å². The molecule has 0 aliphatic rings. The largest absolute Gasteiger partial charge is 0.481 e. The number of aliphatic carboxylic acids is 1. The van der Waals surface area contributed by atoms with Crippen molar-refractivity contribution in [2.45, 2.75) is 38.5 Å². The van der Waals surface area contributed by atoms with Crippen LogP contribution >= 0.6 is 12.4 Å². The number of carboxylic acids is 1. The fourth-order valence-corrected chi connectivity index (χ4v) is 1.11. The van der Waals surface area contributed by atoms with E-state index in [2.05, 4.69) is 5.32 Å². The van der Waals surface area contributed by atoms with Crippen LogP contribution in [0.25, 0.3) is 0 Å². The van der Waals surface area contributed by atoms with Crippen LogP contribution in [0.4, 0.5) is 0 Å². The van der Waals surface area contributed by atoms with Crippen LogP contribution in [0.15, 0.2) is 0 Å². The summed E-state index contributed by atoms with van der Waals surface area (Å²) in [5.74, 6) is -0.676. The van der Waals surface area contributed by atoms with E-state index in [1.807, 2.05) is 7.05 Å². The molecule has 0 unspecified atom stereocenters. The van der Waals surface area contributed by atoms with Crippen LogP contribution in [0.2, 0.25) is 0 Å². The summed E-state index contributed by atoms with van der Waals surface area (Å²) in [6.07, 6.45) is 5.77. The van der Waals surface area contributed by atoms with Crippen LogP contribution in [0.3, 0.4) is 0 Å². The van der Waals surface area contributed by atoms with Crippen LogP contribution in [0.5, 0.6) is 0 Å². The minimum atomic E-state index is -0.676. The summed E-state index contributed by atoms with van der Waals surface area (Å²) in [6, 6.07) is 0. The lowest BCUT2D eigenvalue weighted by Crippen LogP contribution is -2.06. The van der Waals surface area contributed by atoms with Crippen LogP contribution in [-0.2, 0) is 4.79 Å². The molecule has 0 aromatic carbocycles. The van der Waals surface area contributed by atoms with Crippen molar-refractivity contribution in [2.75, 3.05) is 13.6 Å². The minimum Gasteiger partial charge on any atom is -0.481 e. The van der Waals surface area contributed by atoms with E-state index in [0.29, 0.717) is 6.42 Å². The Bertz CT molecular complexity index is 120. The maximum absolute atomic E-state index is 10.1. The van der Waals surface area contributed by atoms with Gasteiger partial charge in [0.2, 0.25) is 0 Å². The monoisotopic (exact) mass is 209 g/mol. The summed E-state index contributed by atoms with van der Waals surface area (Å²) in [5, 5.41) is 11.4. The number of hydrogen-bond acceptors (Lipinski definition) is 2. The molecule has 0 aliphatic carbocycles. The number of carbonyl (C=O) groups is 1. The van der Waals surface area contributed by atoms with Crippen LogP contribution < -0.4 is 5.32 Å². The van der Waals surface area contributed by atoms with E-state index in [9.17, 15) is 4.79 Å². The maximum atomic E-state index is 10.1. The van der Waals surface area contributed by atoms with Crippen molar-refractivity contribution in [3.8, 4) is 0 Å². The zero-order valence-corrected chi connectivity index (χ0v) is 9.03. The van der Waals surface area contributed by atoms with Gasteiger partial charge in [-0.25, -0.2) is 0 Å². The molecule has 0 aromatic heterocycles. The molecular formula is C9H20ClNO2. The predicted octanol–water partition coefficient (Wildman–Crippen LogP) is 2.05. The first-order chi connectivity index (χ1) is 5.77. The molecule has 0 aliphatic heterocycles. The van der Waals surface area contributed by atoms with Crippen molar-refractivity contribution in [1.29, 1.82) is 0 Å². The number of carboxylic acid groups (broad SMARTS) is 1. The van der Waals surface area contributed by atoms with Crippen LogP contribution in [-0.4, -0.2) is 24.7 Å². The second-order valence-electron chi connectivity index (χ2n) is 3.02. The molecular weight excluding hydrogens is 190 g/mol. The highest BCUT2D eigenvalue weighted by molar-refractivity contribution is 5.85. The Morgan fingerprint density at radius 1 is 1.15 bits per heavy atom. The number of nitrogens with one attached hydrogen (secondary N) is 1. The normalized spacial score (nSPS) is 9.31. The van der Waals surface area contributed by atoms with Gasteiger partial charge in [-0.15, -0.1) is 12.4 Å². The average Bonchev–Trinajstić information content (AvgIpc) is 2.02. The van der Waals surface area contributed by atoms with Gasteiger partial charge in [-0.3, -0.25) is 4.79 Å². The first kappa shape index (κ1) is 15.2. The fraction of sp³-hybridized carbons (Fsp3) is 0.889. The minimum absolute atomic E-state index is 0. The molecule has 80 valence electrons. The van der Waals surface area contributed by atoms with Gasteiger partial charge in [-0.1, -0.05) is 19.3 Å². The lowest BCUT2D eigenvalue weighted by Gasteiger charge is -1.99. The zero-order valence-electron chi connectivity index (χ0n) is 8.21. The fourth-order valence-electron chi connectivity index (χ4n) is 1.11. The SMILES string of the molecule is CNCCCCCCCC(=O)O.Cl. The molecule has 0 rings (SSSR count). The molecule has 0 saturated heterocycles. The molecule has 0 fully saturated rings. The molecule has 0 aromatic rings. The van der Waals surface area contributed by atoms with Gasteiger partial charge in [-0.05, 0) is 26.4 Å². The molecule has 13 heavy (non-hydrogen) atoms. The summed E-state index contributed by atoms with van der Waals surface area (Å²) in [4.78, 5) is 10.1. The molecule has 0 atom stereocenters. The van der Waals surface area contributed by atoms with Gasteiger partial charge in [0, 0.05) is 6.42 Å².